The molecule has 3 N–H and O–H groups in total. The second-order valence-electron chi connectivity index (χ2n) is 6.57. The van der Waals surface area contributed by atoms with Crippen LogP contribution >= 0.6 is 12.4 Å². The Morgan fingerprint density at radius 3 is 2.54 bits per heavy atom. The Kier molecular flexibility index (Phi) is 7.66. The summed E-state index contributed by atoms with van der Waals surface area (Å²) in [6.07, 6.45) is 5.77. The third-order valence-corrected chi connectivity index (χ3v) is 6.40. The summed E-state index contributed by atoms with van der Waals surface area (Å²) >= 11 is 0. The zero-order chi connectivity index (χ0) is 17.6. The summed E-state index contributed by atoms with van der Waals surface area (Å²) in [6.45, 7) is 0. The molecule has 0 spiro atoms. The average Bonchev–Trinajstić information content (AvgIpc) is 2.63. The Balaban J connectivity index is 0.00000243. The highest BCUT2D eigenvalue weighted by Crippen LogP contribution is 2.24. The van der Waals surface area contributed by atoms with Crippen molar-refractivity contribution >= 4 is 40.5 Å². The summed E-state index contributed by atoms with van der Waals surface area (Å²) in [5.74, 6) is 0.352. The van der Waals surface area contributed by atoms with Crippen LogP contribution in [0.2, 0.25) is 0 Å². The third-order valence-electron chi connectivity index (χ3n) is 4.57. The molecule has 0 saturated heterocycles. The molecule has 140 valence electrons. The highest BCUT2D eigenvalue weighted by atomic mass is 35.5. The van der Waals surface area contributed by atoms with Gasteiger partial charge in [0.1, 0.15) is 0 Å². The number of rotatable bonds is 5. The standard InChI is InChI=1S/C20H24N2O2S.ClH/c21-17-8-5-7-16(13-17)20(23)22-18-9-4-6-15(12-18)14-25(24)19-10-2-1-3-11-19;/h4-9,12-13,19H,1-3,10-11,14,21H2,(H,22,23);1H. The molecule has 1 fully saturated rings. The molecule has 2 aromatic carbocycles. The molecule has 0 aliphatic heterocycles. The number of carbonyl (C=O) groups excluding carboxylic acids is 1. The van der Waals surface area contributed by atoms with Crippen molar-refractivity contribution in [3.05, 3.63) is 59.7 Å². The van der Waals surface area contributed by atoms with Gasteiger partial charge in [0.05, 0.1) is 0 Å². The van der Waals surface area contributed by atoms with Crippen LogP contribution in [0.25, 0.3) is 0 Å². The number of anilines is 2. The molecule has 1 aliphatic rings. The second kappa shape index (κ2) is 9.74. The SMILES string of the molecule is Cl.Nc1cccc(C(=O)Nc2cccc(CS(=O)C3CCCCC3)c2)c1. The van der Waals surface area contributed by atoms with Crippen LogP contribution in [0.15, 0.2) is 48.5 Å². The maximum Gasteiger partial charge on any atom is 0.255 e. The van der Waals surface area contributed by atoms with E-state index in [2.05, 4.69) is 5.32 Å². The molecule has 1 unspecified atom stereocenters. The van der Waals surface area contributed by atoms with E-state index < -0.39 is 10.8 Å². The first-order valence-electron chi connectivity index (χ1n) is 8.75. The van der Waals surface area contributed by atoms with Gasteiger partial charge in [-0.3, -0.25) is 9.00 Å². The Hall–Kier alpha value is -1.85. The van der Waals surface area contributed by atoms with Crippen molar-refractivity contribution in [1.82, 2.24) is 0 Å². The molecule has 1 aliphatic carbocycles. The number of halogens is 1. The quantitative estimate of drug-likeness (QED) is 0.734. The highest BCUT2D eigenvalue weighted by Gasteiger charge is 2.20. The minimum Gasteiger partial charge on any atom is -0.399 e. The third kappa shape index (κ3) is 5.58. The van der Waals surface area contributed by atoms with Crippen molar-refractivity contribution in [2.24, 2.45) is 0 Å². The van der Waals surface area contributed by atoms with Gasteiger partial charge in [0, 0.05) is 38.7 Å². The van der Waals surface area contributed by atoms with E-state index >= 15 is 0 Å². The Morgan fingerprint density at radius 2 is 1.81 bits per heavy atom. The van der Waals surface area contributed by atoms with Crippen LogP contribution in [0.4, 0.5) is 11.4 Å². The smallest absolute Gasteiger partial charge is 0.255 e. The van der Waals surface area contributed by atoms with Crippen molar-refractivity contribution in [3.8, 4) is 0 Å². The Labute approximate surface area is 163 Å². The van der Waals surface area contributed by atoms with E-state index in [4.69, 9.17) is 5.73 Å². The van der Waals surface area contributed by atoms with E-state index in [1.165, 1.54) is 19.3 Å². The summed E-state index contributed by atoms with van der Waals surface area (Å²) in [6, 6.07) is 14.5. The number of benzene rings is 2. The van der Waals surface area contributed by atoms with Gasteiger partial charge in [0.2, 0.25) is 0 Å². The lowest BCUT2D eigenvalue weighted by atomic mass is 10.0. The van der Waals surface area contributed by atoms with Gasteiger partial charge in [-0.2, -0.15) is 0 Å². The van der Waals surface area contributed by atoms with Gasteiger partial charge >= 0.3 is 0 Å². The first-order chi connectivity index (χ1) is 12.1. The van der Waals surface area contributed by atoms with E-state index in [-0.39, 0.29) is 18.3 Å². The van der Waals surface area contributed by atoms with Gasteiger partial charge in [0.25, 0.3) is 5.91 Å². The van der Waals surface area contributed by atoms with Gasteiger partial charge < -0.3 is 11.1 Å². The molecular formula is C20H25ClN2O2S. The van der Waals surface area contributed by atoms with E-state index in [9.17, 15) is 9.00 Å². The number of hydrogen-bond acceptors (Lipinski definition) is 3. The number of nitrogen functional groups attached to an aromatic ring is 1. The average molecular weight is 393 g/mol. The van der Waals surface area contributed by atoms with E-state index in [1.54, 1.807) is 24.3 Å². The minimum atomic E-state index is -0.847. The van der Waals surface area contributed by atoms with Crippen LogP contribution in [0.5, 0.6) is 0 Å². The first-order valence-corrected chi connectivity index (χ1v) is 10.1. The normalized spacial score (nSPS) is 15.7. The first kappa shape index (κ1) is 20.5. The molecule has 3 rings (SSSR count). The van der Waals surface area contributed by atoms with Gasteiger partial charge in [-0.15, -0.1) is 12.4 Å². The summed E-state index contributed by atoms with van der Waals surface area (Å²) in [7, 11) is -0.847. The highest BCUT2D eigenvalue weighted by molar-refractivity contribution is 7.84. The fourth-order valence-corrected chi connectivity index (χ4v) is 4.84. The topological polar surface area (TPSA) is 72.2 Å². The van der Waals surface area contributed by atoms with Crippen LogP contribution in [-0.4, -0.2) is 15.4 Å². The lowest BCUT2D eigenvalue weighted by Crippen LogP contribution is -2.20. The largest absolute Gasteiger partial charge is 0.399 e. The Morgan fingerprint density at radius 1 is 1.08 bits per heavy atom. The van der Waals surface area contributed by atoms with E-state index in [0.717, 1.165) is 18.4 Å². The lowest BCUT2D eigenvalue weighted by Gasteiger charge is -2.21. The van der Waals surface area contributed by atoms with Crippen LogP contribution in [0, 0.1) is 0 Å². The maximum absolute atomic E-state index is 12.6. The van der Waals surface area contributed by atoms with Crippen molar-refractivity contribution < 1.29 is 9.00 Å². The second-order valence-corrected chi connectivity index (χ2v) is 8.28. The molecule has 1 atom stereocenters. The Bertz CT molecular complexity index is 776. The summed E-state index contributed by atoms with van der Waals surface area (Å²) < 4.78 is 12.6. The van der Waals surface area contributed by atoms with Gasteiger partial charge in [-0.1, -0.05) is 37.5 Å². The van der Waals surface area contributed by atoms with Crippen molar-refractivity contribution in [2.75, 3.05) is 11.1 Å². The minimum absolute atomic E-state index is 0. The van der Waals surface area contributed by atoms with Gasteiger partial charge in [0.15, 0.2) is 0 Å². The molecule has 0 aromatic heterocycles. The molecule has 0 heterocycles. The molecule has 2 aromatic rings. The molecule has 0 radical (unpaired) electrons. The molecule has 4 nitrogen and oxygen atoms in total. The molecule has 6 heteroatoms. The molecule has 0 bridgehead atoms. The summed E-state index contributed by atoms with van der Waals surface area (Å²) in [4.78, 5) is 12.3. The predicted octanol–water partition coefficient (Wildman–Crippen LogP) is 4.52. The monoisotopic (exact) mass is 392 g/mol. The zero-order valence-electron chi connectivity index (χ0n) is 14.6. The number of hydrogen-bond donors (Lipinski definition) is 2. The summed E-state index contributed by atoms with van der Waals surface area (Å²) in [5, 5.41) is 3.20. The lowest BCUT2D eigenvalue weighted by molar-refractivity contribution is 0.102. The van der Waals surface area contributed by atoms with Gasteiger partial charge in [-0.25, -0.2) is 0 Å². The number of amides is 1. The molecule has 1 amide bonds. The van der Waals surface area contributed by atoms with E-state index in [1.807, 2.05) is 24.3 Å². The number of nitrogens with two attached hydrogens (primary N) is 1. The van der Waals surface area contributed by atoms with E-state index in [0.29, 0.717) is 27.9 Å². The van der Waals surface area contributed by atoms with Crippen LogP contribution < -0.4 is 11.1 Å². The van der Waals surface area contributed by atoms with Crippen LogP contribution in [0.3, 0.4) is 0 Å². The van der Waals surface area contributed by atoms with Crippen molar-refractivity contribution in [1.29, 1.82) is 0 Å². The summed E-state index contributed by atoms with van der Waals surface area (Å²) in [5.41, 5.74) is 8.52. The zero-order valence-corrected chi connectivity index (χ0v) is 16.3. The number of carbonyl (C=O) groups is 1. The van der Waals surface area contributed by atoms with Crippen LogP contribution in [0.1, 0.15) is 48.0 Å². The fourth-order valence-electron chi connectivity index (χ4n) is 3.23. The fraction of sp³-hybridized carbons (Fsp3) is 0.350. The van der Waals surface area contributed by atoms with Crippen molar-refractivity contribution in [2.45, 2.75) is 43.1 Å². The predicted molar refractivity (Wildman–Crippen MR) is 111 cm³/mol. The molecular weight excluding hydrogens is 368 g/mol. The number of nitrogens with one attached hydrogen (secondary N) is 1. The van der Waals surface area contributed by atoms with Crippen LogP contribution in [-0.2, 0) is 16.6 Å². The van der Waals surface area contributed by atoms with Crippen molar-refractivity contribution in [3.63, 3.8) is 0 Å². The van der Waals surface area contributed by atoms with Gasteiger partial charge in [-0.05, 0) is 48.7 Å². The molecule has 26 heavy (non-hydrogen) atoms. The maximum atomic E-state index is 12.6. The molecule has 1 saturated carbocycles.